The van der Waals surface area contributed by atoms with Crippen LogP contribution in [0.3, 0.4) is 0 Å². The Hall–Kier alpha value is -3.08. The Kier molecular flexibility index (Phi) is 2.72. The van der Waals surface area contributed by atoms with E-state index in [9.17, 15) is 4.79 Å². The lowest BCUT2D eigenvalue weighted by molar-refractivity contribution is 0.419. The van der Waals surface area contributed by atoms with Crippen molar-refractivity contribution in [3.63, 3.8) is 0 Å². The molecule has 3 heterocycles. The lowest BCUT2D eigenvalue weighted by atomic mass is 10.1. The van der Waals surface area contributed by atoms with Crippen molar-refractivity contribution < 1.29 is 4.74 Å². The van der Waals surface area contributed by atoms with Crippen molar-refractivity contribution in [3.05, 3.63) is 65.2 Å². The number of H-pyrrole nitrogens is 1. The zero-order chi connectivity index (χ0) is 15.1. The highest BCUT2D eigenvalue weighted by atomic mass is 16.5. The van der Waals surface area contributed by atoms with Crippen molar-refractivity contribution in [3.8, 4) is 17.0 Å². The SMILES string of the molecule is COc1ccc(-c2cn3ccccc3n2)c2ccc(=O)[nH]c12. The quantitative estimate of drug-likeness (QED) is 0.618. The molecule has 0 aliphatic rings. The van der Waals surface area contributed by atoms with Gasteiger partial charge in [-0.1, -0.05) is 6.07 Å². The number of benzene rings is 1. The maximum atomic E-state index is 11.6. The van der Waals surface area contributed by atoms with Gasteiger partial charge in [0.1, 0.15) is 11.4 Å². The smallest absolute Gasteiger partial charge is 0.248 e. The number of fused-ring (bicyclic) bond motifs is 2. The summed E-state index contributed by atoms with van der Waals surface area (Å²) in [4.78, 5) is 19.1. The van der Waals surface area contributed by atoms with E-state index in [0.717, 1.165) is 22.3 Å². The maximum Gasteiger partial charge on any atom is 0.248 e. The van der Waals surface area contributed by atoms with Crippen LogP contribution in [0.15, 0.2) is 59.7 Å². The zero-order valence-electron chi connectivity index (χ0n) is 11.9. The van der Waals surface area contributed by atoms with Crippen LogP contribution in [0, 0.1) is 0 Å². The minimum Gasteiger partial charge on any atom is -0.495 e. The second-order valence-electron chi connectivity index (χ2n) is 5.02. The topological polar surface area (TPSA) is 59.4 Å². The lowest BCUT2D eigenvalue weighted by Crippen LogP contribution is -2.04. The van der Waals surface area contributed by atoms with Gasteiger partial charge in [-0.15, -0.1) is 0 Å². The van der Waals surface area contributed by atoms with Crippen molar-refractivity contribution in [1.29, 1.82) is 0 Å². The van der Waals surface area contributed by atoms with E-state index < -0.39 is 0 Å². The van der Waals surface area contributed by atoms with Gasteiger partial charge in [0.05, 0.1) is 18.3 Å². The summed E-state index contributed by atoms with van der Waals surface area (Å²) in [7, 11) is 1.59. The van der Waals surface area contributed by atoms with Crippen LogP contribution >= 0.6 is 0 Å². The minimum atomic E-state index is -0.155. The molecule has 0 amide bonds. The Bertz CT molecular complexity index is 1010. The number of hydrogen-bond acceptors (Lipinski definition) is 3. The highest BCUT2D eigenvalue weighted by Crippen LogP contribution is 2.32. The number of ether oxygens (including phenoxy) is 1. The predicted octanol–water partition coefficient (Wildman–Crippen LogP) is 2.85. The average molecular weight is 291 g/mol. The Balaban J connectivity index is 2.04. The van der Waals surface area contributed by atoms with Crippen LogP contribution in [-0.2, 0) is 0 Å². The molecule has 0 atom stereocenters. The van der Waals surface area contributed by atoms with Crippen LogP contribution in [0.4, 0.5) is 0 Å². The molecule has 3 aromatic heterocycles. The van der Waals surface area contributed by atoms with E-state index in [1.165, 1.54) is 6.07 Å². The largest absolute Gasteiger partial charge is 0.495 e. The number of pyridine rings is 2. The summed E-state index contributed by atoms with van der Waals surface area (Å²) >= 11 is 0. The molecule has 5 heteroatoms. The summed E-state index contributed by atoms with van der Waals surface area (Å²) in [6, 6.07) is 13.0. The molecule has 0 fully saturated rings. The third-order valence-electron chi connectivity index (χ3n) is 3.72. The van der Waals surface area contributed by atoms with Gasteiger partial charge >= 0.3 is 0 Å². The number of aromatic nitrogens is 3. The summed E-state index contributed by atoms with van der Waals surface area (Å²) in [5.41, 5.74) is 3.22. The summed E-state index contributed by atoms with van der Waals surface area (Å²) in [5, 5.41) is 0.905. The van der Waals surface area contributed by atoms with Gasteiger partial charge in [-0.05, 0) is 30.3 Å². The second kappa shape index (κ2) is 4.73. The summed E-state index contributed by atoms with van der Waals surface area (Å²) < 4.78 is 7.31. The Morgan fingerprint density at radius 1 is 1.14 bits per heavy atom. The molecule has 108 valence electrons. The molecule has 4 aromatic rings. The number of hydrogen-bond donors (Lipinski definition) is 1. The molecule has 0 aliphatic heterocycles. The molecule has 0 bridgehead atoms. The van der Waals surface area contributed by atoms with E-state index in [1.807, 2.05) is 47.1 Å². The van der Waals surface area contributed by atoms with Gasteiger partial charge in [-0.3, -0.25) is 4.79 Å². The summed E-state index contributed by atoms with van der Waals surface area (Å²) in [5.74, 6) is 0.639. The van der Waals surface area contributed by atoms with Crippen molar-refractivity contribution in [2.24, 2.45) is 0 Å². The normalized spacial score (nSPS) is 11.1. The third-order valence-corrected chi connectivity index (χ3v) is 3.72. The van der Waals surface area contributed by atoms with Gasteiger partial charge in [-0.2, -0.15) is 0 Å². The number of nitrogens with one attached hydrogen (secondary N) is 1. The fraction of sp³-hybridized carbons (Fsp3) is 0.0588. The third kappa shape index (κ3) is 1.87. The first-order chi connectivity index (χ1) is 10.8. The molecule has 0 unspecified atom stereocenters. The molecule has 0 aliphatic carbocycles. The van der Waals surface area contributed by atoms with Crippen LogP contribution < -0.4 is 10.3 Å². The van der Waals surface area contributed by atoms with E-state index in [0.29, 0.717) is 11.3 Å². The van der Waals surface area contributed by atoms with E-state index in [2.05, 4.69) is 9.97 Å². The van der Waals surface area contributed by atoms with Crippen LogP contribution in [0.2, 0.25) is 0 Å². The van der Waals surface area contributed by atoms with E-state index in [4.69, 9.17) is 4.74 Å². The van der Waals surface area contributed by atoms with Gasteiger partial charge in [0.15, 0.2) is 0 Å². The first kappa shape index (κ1) is 12.6. The van der Waals surface area contributed by atoms with Crippen molar-refractivity contribution >= 4 is 16.6 Å². The molecule has 1 aromatic carbocycles. The van der Waals surface area contributed by atoms with E-state index >= 15 is 0 Å². The van der Waals surface area contributed by atoms with Gasteiger partial charge in [0.25, 0.3) is 0 Å². The summed E-state index contributed by atoms with van der Waals surface area (Å²) in [6.45, 7) is 0. The molecular formula is C17H13N3O2. The Labute approximate surface area is 125 Å². The number of rotatable bonds is 2. The number of methoxy groups -OCH3 is 1. The van der Waals surface area contributed by atoms with Crippen LogP contribution in [0.1, 0.15) is 0 Å². The average Bonchev–Trinajstić information content (AvgIpc) is 2.97. The van der Waals surface area contributed by atoms with Crippen LogP contribution in [0.5, 0.6) is 5.75 Å². The molecule has 0 saturated heterocycles. The molecule has 0 saturated carbocycles. The summed E-state index contributed by atoms with van der Waals surface area (Å²) in [6.07, 6.45) is 3.93. The van der Waals surface area contributed by atoms with Crippen molar-refractivity contribution in [2.45, 2.75) is 0 Å². The molecule has 4 rings (SSSR count). The number of imidazole rings is 1. The lowest BCUT2D eigenvalue weighted by Gasteiger charge is -2.08. The fourth-order valence-corrected chi connectivity index (χ4v) is 2.68. The second-order valence-corrected chi connectivity index (χ2v) is 5.02. The molecule has 5 nitrogen and oxygen atoms in total. The van der Waals surface area contributed by atoms with E-state index in [1.54, 1.807) is 13.2 Å². The van der Waals surface area contributed by atoms with Gasteiger partial charge in [0, 0.05) is 29.4 Å². The minimum absolute atomic E-state index is 0.155. The molecule has 22 heavy (non-hydrogen) atoms. The standard InChI is InChI=1S/C17H13N3O2/c1-22-14-7-5-11(12-6-8-16(21)19-17(12)14)13-10-20-9-3-2-4-15(20)18-13/h2-10H,1H3,(H,19,21). The predicted molar refractivity (Wildman–Crippen MR) is 85.3 cm³/mol. The molecule has 0 spiro atoms. The first-order valence-electron chi connectivity index (χ1n) is 6.90. The highest BCUT2D eigenvalue weighted by Gasteiger charge is 2.11. The first-order valence-corrected chi connectivity index (χ1v) is 6.90. The van der Waals surface area contributed by atoms with E-state index in [-0.39, 0.29) is 5.56 Å². The van der Waals surface area contributed by atoms with Crippen molar-refractivity contribution in [1.82, 2.24) is 14.4 Å². The molecular weight excluding hydrogens is 278 g/mol. The molecule has 0 radical (unpaired) electrons. The van der Waals surface area contributed by atoms with Crippen LogP contribution in [0.25, 0.3) is 27.8 Å². The van der Waals surface area contributed by atoms with Crippen LogP contribution in [-0.4, -0.2) is 21.5 Å². The van der Waals surface area contributed by atoms with Gasteiger partial charge < -0.3 is 14.1 Å². The Morgan fingerprint density at radius 3 is 2.86 bits per heavy atom. The highest BCUT2D eigenvalue weighted by molar-refractivity contribution is 5.97. The van der Waals surface area contributed by atoms with Gasteiger partial charge in [0.2, 0.25) is 5.56 Å². The Morgan fingerprint density at radius 2 is 2.05 bits per heavy atom. The zero-order valence-corrected chi connectivity index (χ0v) is 11.9. The van der Waals surface area contributed by atoms with Crippen molar-refractivity contribution in [2.75, 3.05) is 7.11 Å². The molecule has 1 N–H and O–H groups in total. The monoisotopic (exact) mass is 291 g/mol. The number of aromatic amines is 1. The maximum absolute atomic E-state index is 11.6. The van der Waals surface area contributed by atoms with Gasteiger partial charge in [-0.25, -0.2) is 4.98 Å². The number of nitrogens with zero attached hydrogens (tertiary/aromatic N) is 2. The fourth-order valence-electron chi connectivity index (χ4n) is 2.68.